The minimum Gasteiger partial charge on any atom is -0.374 e. The van der Waals surface area contributed by atoms with Gasteiger partial charge in [-0.3, -0.25) is 0 Å². The number of hydrogen-bond donors (Lipinski definition) is 2. The number of amides is 2. The fourth-order valence-electron chi connectivity index (χ4n) is 2.23. The Hall–Kier alpha value is -0.810. The summed E-state index contributed by atoms with van der Waals surface area (Å²) in [7, 11) is 3.49. The Balaban J connectivity index is 1.90. The van der Waals surface area contributed by atoms with E-state index in [1.165, 1.54) is 0 Å². The molecule has 2 N–H and O–H groups in total. The van der Waals surface area contributed by atoms with Gasteiger partial charge in [0.2, 0.25) is 0 Å². The molecule has 86 valence electrons. The maximum absolute atomic E-state index is 11.5. The molecule has 0 saturated carbocycles. The van der Waals surface area contributed by atoms with E-state index in [4.69, 9.17) is 4.74 Å². The van der Waals surface area contributed by atoms with Crippen LogP contribution in [-0.4, -0.2) is 56.4 Å². The highest BCUT2D eigenvalue weighted by Gasteiger charge is 2.39. The third kappa shape index (κ3) is 2.23. The SMILES string of the molecule is CN(C)C(=O)N[C@H]1CN[C@@H]2CCCO[C@H]12. The fraction of sp³-hybridized carbons (Fsp3) is 0.900. The van der Waals surface area contributed by atoms with E-state index in [9.17, 15) is 4.79 Å². The lowest BCUT2D eigenvalue weighted by molar-refractivity contribution is -0.00131. The average molecular weight is 213 g/mol. The molecule has 2 heterocycles. The lowest BCUT2D eigenvalue weighted by atomic mass is 10.0. The van der Waals surface area contributed by atoms with E-state index in [1.807, 2.05) is 0 Å². The van der Waals surface area contributed by atoms with E-state index >= 15 is 0 Å². The van der Waals surface area contributed by atoms with Gasteiger partial charge in [-0.25, -0.2) is 4.79 Å². The number of nitrogens with zero attached hydrogens (tertiary/aromatic N) is 1. The van der Waals surface area contributed by atoms with Crippen molar-refractivity contribution in [3.63, 3.8) is 0 Å². The Morgan fingerprint density at radius 2 is 2.33 bits per heavy atom. The van der Waals surface area contributed by atoms with E-state index < -0.39 is 0 Å². The monoisotopic (exact) mass is 213 g/mol. The van der Waals surface area contributed by atoms with Crippen molar-refractivity contribution in [1.82, 2.24) is 15.5 Å². The van der Waals surface area contributed by atoms with Crippen molar-refractivity contribution in [2.45, 2.75) is 31.0 Å². The van der Waals surface area contributed by atoms with Gasteiger partial charge in [-0.2, -0.15) is 0 Å². The third-order valence-corrected chi connectivity index (χ3v) is 3.08. The molecule has 2 amide bonds. The summed E-state index contributed by atoms with van der Waals surface area (Å²) in [5.74, 6) is 0. The van der Waals surface area contributed by atoms with Crippen molar-refractivity contribution in [3.05, 3.63) is 0 Å². The molecule has 0 spiro atoms. The first-order valence-electron chi connectivity index (χ1n) is 5.51. The Morgan fingerprint density at radius 1 is 1.53 bits per heavy atom. The van der Waals surface area contributed by atoms with Crippen molar-refractivity contribution in [1.29, 1.82) is 0 Å². The van der Waals surface area contributed by atoms with Crippen LogP contribution in [0.15, 0.2) is 0 Å². The minimum absolute atomic E-state index is 0.0448. The van der Waals surface area contributed by atoms with Gasteiger partial charge >= 0.3 is 6.03 Å². The van der Waals surface area contributed by atoms with Crippen molar-refractivity contribution >= 4 is 6.03 Å². The van der Waals surface area contributed by atoms with Crippen LogP contribution in [0.25, 0.3) is 0 Å². The molecule has 0 bridgehead atoms. The molecular formula is C10H19N3O2. The summed E-state index contributed by atoms with van der Waals surface area (Å²) < 4.78 is 5.70. The van der Waals surface area contributed by atoms with Crippen LogP contribution in [0, 0.1) is 0 Å². The van der Waals surface area contributed by atoms with Gasteiger partial charge in [0.1, 0.15) is 0 Å². The zero-order chi connectivity index (χ0) is 10.8. The quantitative estimate of drug-likeness (QED) is 0.633. The topological polar surface area (TPSA) is 53.6 Å². The highest BCUT2D eigenvalue weighted by molar-refractivity contribution is 5.74. The standard InChI is InChI=1S/C10H19N3O2/c1-13(2)10(14)12-8-6-11-7-4-3-5-15-9(7)8/h7-9,11H,3-6H2,1-2H3,(H,12,14)/t7-,8+,9+/m1/s1. The van der Waals surface area contributed by atoms with Crippen LogP contribution in [-0.2, 0) is 4.74 Å². The molecule has 5 heteroatoms. The average Bonchev–Trinajstić information content (AvgIpc) is 2.62. The van der Waals surface area contributed by atoms with E-state index in [0.717, 1.165) is 26.0 Å². The maximum Gasteiger partial charge on any atom is 0.317 e. The Labute approximate surface area is 90.1 Å². The van der Waals surface area contributed by atoms with Crippen LogP contribution in [0.2, 0.25) is 0 Å². The Kier molecular flexibility index (Phi) is 3.11. The summed E-state index contributed by atoms with van der Waals surface area (Å²) in [5.41, 5.74) is 0. The molecule has 0 radical (unpaired) electrons. The molecule has 15 heavy (non-hydrogen) atoms. The number of rotatable bonds is 1. The van der Waals surface area contributed by atoms with Gasteiger partial charge < -0.3 is 20.3 Å². The lowest BCUT2D eigenvalue weighted by Gasteiger charge is -2.29. The van der Waals surface area contributed by atoms with E-state index in [-0.39, 0.29) is 18.2 Å². The van der Waals surface area contributed by atoms with E-state index in [1.54, 1.807) is 19.0 Å². The summed E-state index contributed by atoms with van der Waals surface area (Å²) >= 11 is 0. The van der Waals surface area contributed by atoms with Crippen molar-refractivity contribution < 1.29 is 9.53 Å². The second-order valence-corrected chi connectivity index (χ2v) is 4.44. The molecule has 3 atom stereocenters. The van der Waals surface area contributed by atoms with Crippen molar-refractivity contribution in [2.75, 3.05) is 27.2 Å². The van der Waals surface area contributed by atoms with Gasteiger partial charge in [0.05, 0.1) is 12.1 Å². The number of hydrogen-bond acceptors (Lipinski definition) is 3. The molecule has 0 aromatic rings. The lowest BCUT2D eigenvalue weighted by Crippen LogP contribution is -2.50. The fourth-order valence-corrected chi connectivity index (χ4v) is 2.23. The third-order valence-electron chi connectivity index (χ3n) is 3.08. The number of urea groups is 1. The van der Waals surface area contributed by atoms with Gasteiger partial charge in [0, 0.05) is 33.3 Å². The molecule has 0 aromatic heterocycles. The molecule has 2 aliphatic heterocycles. The van der Waals surface area contributed by atoms with E-state index in [2.05, 4.69) is 10.6 Å². The molecule has 2 rings (SSSR count). The largest absolute Gasteiger partial charge is 0.374 e. The van der Waals surface area contributed by atoms with Gasteiger partial charge in [-0.15, -0.1) is 0 Å². The molecule has 0 aromatic carbocycles. The van der Waals surface area contributed by atoms with Gasteiger partial charge in [-0.1, -0.05) is 0 Å². The van der Waals surface area contributed by atoms with Crippen molar-refractivity contribution in [3.8, 4) is 0 Å². The van der Waals surface area contributed by atoms with Crippen molar-refractivity contribution in [2.24, 2.45) is 0 Å². The first-order chi connectivity index (χ1) is 7.18. The van der Waals surface area contributed by atoms with Crippen LogP contribution in [0.1, 0.15) is 12.8 Å². The summed E-state index contributed by atoms with van der Waals surface area (Å²) in [5, 5.41) is 6.37. The molecule has 0 aliphatic carbocycles. The summed E-state index contributed by atoms with van der Waals surface area (Å²) in [6, 6.07) is 0.494. The molecule has 2 aliphatic rings. The number of nitrogens with one attached hydrogen (secondary N) is 2. The summed E-state index contributed by atoms with van der Waals surface area (Å²) in [6.07, 6.45) is 2.42. The maximum atomic E-state index is 11.5. The summed E-state index contributed by atoms with van der Waals surface area (Å²) in [6.45, 7) is 1.63. The highest BCUT2D eigenvalue weighted by Crippen LogP contribution is 2.21. The van der Waals surface area contributed by atoms with Gasteiger partial charge in [0.15, 0.2) is 0 Å². The molecule has 0 unspecified atom stereocenters. The number of carbonyl (C=O) groups excluding carboxylic acids is 1. The van der Waals surface area contributed by atoms with Crippen LogP contribution in [0.5, 0.6) is 0 Å². The second kappa shape index (κ2) is 4.37. The smallest absolute Gasteiger partial charge is 0.317 e. The highest BCUT2D eigenvalue weighted by atomic mass is 16.5. The predicted octanol–water partition coefficient (Wildman–Crippen LogP) is -0.223. The predicted molar refractivity (Wildman–Crippen MR) is 56.8 cm³/mol. The number of ether oxygens (including phenoxy) is 1. The Bertz CT molecular complexity index is 245. The first kappa shape index (κ1) is 10.7. The van der Waals surface area contributed by atoms with Crippen LogP contribution >= 0.6 is 0 Å². The molecule has 2 fully saturated rings. The minimum atomic E-state index is -0.0448. The molecule has 2 saturated heterocycles. The molecular weight excluding hydrogens is 194 g/mol. The Morgan fingerprint density at radius 3 is 3.07 bits per heavy atom. The number of fused-ring (bicyclic) bond motifs is 1. The number of carbonyl (C=O) groups is 1. The van der Waals surface area contributed by atoms with Gasteiger partial charge in [0.25, 0.3) is 0 Å². The van der Waals surface area contributed by atoms with E-state index in [0.29, 0.717) is 6.04 Å². The summed E-state index contributed by atoms with van der Waals surface area (Å²) in [4.78, 5) is 13.1. The zero-order valence-electron chi connectivity index (χ0n) is 9.32. The van der Waals surface area contributed by atoms with Crippen LogP contribution in [0.4, 0.5) is 4.79 Å². The van der Waals surface area contributed by atoms with Crippen LogP contribution < -0.4 is 10.6 Å². The first-order valence-corrected chi connectivity index (χ1v) is 5.51. The molecule has 5 nitrogen and oxygen atoms in total. The van der Waals surface area contributed by atoms with Gasteiger partial charge in [-0.05, 0) is 12.8 Å². The van der Waals surface area contributed by atoms with Crippen LogP contribution in [0.3, 0.4) is 0 Å². The zero-order valence-corrected chi connectivity index (χ0v) is 9.32. The normalized spacial score (nSPS) is 34.7. The second-order valence-electron chi connectivity index (χ2n) is 4.44.